The van der Waals surface area contributed by atoms with Crippen LogP contribution < -0.4 is 10.1 Å². The third kappa shape index (κ3) is 4.12. The van der Waals surface area contributed by atoms with E-state index in [0.29, 0.717) is 5.75 Å². The molecule has 0 aliphatic heterocycles. The summed E-state index contributed by atoms with van der Waals surface area (Å²) < 4.78 is 4.82. The molecule has 0 bridgehead atoms. The number of aliphatic hydroxyl groups excluding tert-OH is 1. The lowest BCUT2D eigenvalue weighted by Gasteiger charge is -2.16. The minimum atomic E-state index is -1.40. The average molecular weight is 239 g/mol. The fourth-order valence-electron chi connectivity index (χ4n) is 1.14. The number of nitrogens with one attached hydrogen (secondary N) is 1. The molecule has 17 heavy (non-hydrogen) atoms. The minimum Gasteiger partial charge on any atom is -0.480 e. The molecule has 1 rings (SSSR count). The number of aliphatic hydroxyl groups is 1. The summed E-state index contributed by atoms with van der Waals surface area (Å²) in [6.07, 6.45) is -2.14. The predicted octanol–water partition coefficient (Wildman–Crippen LogP) is 0.609. The van der Waals surface area contributed by atoms with Crippen LogP contribution in [0.1, 0.15) is 6.92 Å². The summed E-state index contributed by atoms with van der Waals surface area (Å²) in [5.74, 6) is -1.04. The second kappa shape index (κ2) is 5.86. The highest BCUT2D eigenvalue weighted by Crippen LogP contribution is 2.08. The van der Waals surface area contributed by atoms with Crippen LogP contribution >= 0.6 is 0 Å². The molecule has 2 unspecified atom stereocenters. The maximum absolute atomic E-state index is 11.3. The lowest BCUT2D eigenvalue weighted by Crippen LogP contribution is -2.48. The van der Waals surface area contributed by atoms with Crippen molar-refractivity contribution >= 4 is 12.1 Å². The third-order valence-corrected chi connectivity index (χ3v) is 1.98. The second-order valence-electron chi connectivity index (χ2n) is 3.40. The van der Waals surface area contributed by atoms with Crippen LogP contribution in [0.25, 0.3) is 0 Å². The normalized spacial score (nSPS) is 13.5. The van der Waals surface area contributed by atoms with E-state index in [9.17, 15) is 9.59 Å². The Kier molecular flexibility index (Phi) is 4.47. The number of hydrogen-bond donors (Lipinski definition) is 3. The largest absolute Gasteiger partial charge is 0.480 e. The van der Waals surface area contributed by atoms with E-state index in [-0.39, 0.29) is 0 Å². The summed E-state index contributed by atoms with van der Waals surface area (Å²) in [5, 5.41) is 19.9. The van der Waals surface area contributed by atoms with Crippen LogP contribution in [0.4, 0.5) is 4.79 Å². The van der Waals surface area contributed by atoms with Gasteiger partial charge in [-0.3, -0.25) is 0 Å². The van der Waals surface area contributed by atoms with Crippen molar-refractivity contribution in [2.24, 2.45) is 0 Å². The predicted molar refractivity (Wildman–Crippen MR) is 58.7 cm³/mol. The Morgan fingerprint density at radius 2 is 1.88 bits per heavy atom. The van der Waals surface area contributed by atoms with E-state index in [4.69, 9.17) is 14.9 Å². The molecular weight excluding hydrogens is 226 g/mol. The Labute approximate surface area is 97.8 Å². The highest BCUT2D eigenvalue weighted by atomic mass is 16.6. The van der Waals surface area contributed by atoms with Crippen LogP contribution in [0.2, 0.25) is 0 Å². The Morgan fingerprint density at radius 1 is 1.29 bits per heavy atom. The fraction of sp³-hybridized carbons (Fsp3) is 0.273. The van der Waals surface area contributed by atoms with Crippen molar-refractivity contribution < 1.29 is 24.5 Å². The van der Waals surface area contributed by atoms with Crippen LogP contribution in [0, 0.1) is 0 Å². The van der Waals surface area contributed by atoms with E-state index < -0.39 is 24.2 Å². The first-order chi connectivity index (χ1) is 8.00. The zero-order valence-electron chi connectivity index (χ0n) is 9.16. The summed E-state index contributed by atoms with van der Waals surface area (Å²) in [6.45, 7) is 1.27. The van der Waals surface area contributed by atoms with Crippen molar-refractivity contribution in [1.82, 2.24) is 5.32 Å². The molecule has 92 valence electrons. The first-order valence-corrected chi connectivity index (χ1v) is 4.95. The lowest BCUT2D eigenvalue weighted by molar-refractivity contribution is -0.141. The zero-order chi connectivity index (χ0) is 12.8. The number of para-hydroxylation sites is 1. The molecule has 0 aliphatic carbocycles. The molecule has 0 heterocycles. The molecule has 0 aliphatic rings. The number of amides is 1. The van der Waals surface area contributed by atoms with Crippen LogP contribution in [0.15, 0.2) is 30.3 Å². The van der Waals surface area contributed by atoms with Gasteiger partial charge in [0.15, 0.2) is 6.04 Å². The standard InChI is InChI=1S/C11H13NO5/c1-7(13)9(10(14)15)12-11(16)17-8-5-3-2-4-6-8/h2-7,9,13H,1H3,(H,12,16)(H,14,15). The second-order valence-corrected chi connectivity index (χ2v) is 3.40. The molecule has 1 aromatic rings. The monoisotopic (exact) mass is 239 g/mol. The van der Waals surface area contributed by atoms with Gasteiger partial charge in [-0.15, -0.1) is 0 Å². The number of carboxylic acids is 1. The van der Waals surface area contributed by atoms with E-state index in [0.717, 1.165) is 0 Å². The molecule has 1 aromatic carbocycles. The molecule has 3 N–H and O–H groups in total. The number of carboxylic acid groups (broad SMARTS) is 1. The number of ether oxygens (including phenoxy) is 1. The van der Waals surface area contributed by atoms with Gasteiger partial charge in [0, 0.05) is 0 Å². The molecule has 0 saturated carbocycles. The van der Waals surface area contributed by atoms with E-state index in [1.54, 1.807) is 30.3 Å². The summed E-state index contributed by atoms with van der Waals surface area (Å²) in [7, 11) is 0. The molecule has 0 radical (unpaired) electrons. The van der Waals surface area contributed by atoms with Gasteiger partial charge in [-0.05, 0) is 19.1 Å². The van der Waals surface area contributed by atoms with Crippen molar-refractivity contribution in [2.75, 3.05) is 0 Å². The van der Waals surface area contributed by atoms with Gasteiger partial charge in [-0.2, -0.15) is 0 Å². The molecule has 0 fully saturated rings. The minimum absolute atomic E-state index is 0.291. The SMILES string of the molecule is CC(O)C(NC(=O)Oc1ccccc1)C(=O)O. The smallest absolute Gasteiger partial charge is 0.413 e. The molecule has 0 aromatic heterocycles. The lowest BCUT2D eigenvalue weighted by atomic mass is 10.2. The Hall–Kier alpha value is -2.08. The number of benzene rings is 1. The van der Waals surface area contributed by atoms with Crippen LogP contribution in [0.5, 0.6) is 5.75 Å². The summed E-state index contributed by atoms with van der Waals surface area (Å²) in [4.78, 5) is 22.0. The maximum Gasteiger partial charge on any atom is 0.413 e. The highest BCUT2D eigenvalue weighted by molar-refractivity contribution is 5.81. The van der Waals surface area contributed by atoms with Crippen molar-refractivity contribution in [1.29, 1.82) is 0 Å². The van der Waals surface area contributed by atoms with Crippen LogP contribution in [-0.4, -0.2) is 34.4 Å². The van der Waals surface area contributed by atoms with E-state index in [1.165, 1.54) is 6.92 Å². The Bertz CT molecular complexity index is 390. The van der Waals surface area contributed by atoms with Gasteiger partial charge in [0.25, 0.3) is 0 Å². The van der Waals surface area contributed by atoms with Gasteiger partial charge >= 0.3 is 12.1 Å². The van der Waals surface area contributed by atoms with Crippen LogP contribution in [-0.2, 0) is 4.79 Å². The third-order valence-electron chi connectivity index (χ3n) is 1.98. The number of carbonyl (C=O) groups excluding carboxylic acids is 1. The van der Waals surface area contributed by atoms with Gasteiger partial charge in [0.05, 0.1) is 6.10 Å². The molecular formula is C11H13NO5. The van der Waals surface area contributed by atoms with Crippen molar-refractivity contribution in [3.05, 3.63) is 30.3 Å². The molecule has 0 saturated heterocycles. The molecule has 1 amide bonds. The van der Waals surface area contributed by atoms with Crippen molar-refractivity contribution in [3.8, 4) is 5.75 Å². The summed E-state index contributed by atoms with van der Waals surface area (Å²) in [6, 6.07) is 6.81. The molecule has 6 nitrogen and oxygen atoms in total. The van der Waals surface area contributed by atoms with E-state index in [1.807, 2.05) is 0 Å². The summed E-state index contributed by atoms with van der Waals surface area (Å²) in [5.41, 5.74) is 0. The number of aliphatic carboxylic acids is 1. The molecule has 2 atom stereocenters. The zero-order valence-corrected chi connectivity index (χ0v) is 9.16. The first-order valence-electron chi connectivity index (χ1n) is 4.95. The quantitative estimate of drug-likeness (QED) is 0.715. The number of hydrogen-bond acceptors (Lipinski definition) is 4. The van der Waals surface area contributed by atoms with Gasteiger partial charge < -0.3 is 20.3 Å². The van der Waals surface area contributed by atoms with Crippen LogP contribution in [0.3, 0.4) is 0 Å². The molecule has 6 heteroatoms. The Balaban J connectivity index is 2.57. The average Bonchev–Trinajstić information content (AvgIpc) is 2.26. The maximum atomic E-state index is 11.3. The number of rotatable bonds is 4. The van der Waals surface area contributed by atoms with Gasteiger partial charge in [0.2, 0.25) is 0 Å². The highest BCUT2D eigenvalue weighted by Gasteiger charge is 2.25. The van der Waals surface area contributed by atoms with Gasteiger partial charge in [0.1, 0.15) is 5.75 Å². The van der Waals surface area contributed by atoms with Crippen molar-refractivity contribution in [3.63, 3.8) is 0 Å². The summed E-state index contributed by atoms with van der Waals surface area (Å²) >= 11 is 0. The number of carbonyl (C=O) groups is 2. The first kappa shape index (κ1) is 13.0. The molecule has 0 spiro atoms. The van der Waals surface area contributed by atoms with E-state index in [2.05, 4.69) is 5.32 Å². The topological polar surface area (TPSA) is 95.9 Å². The van der Waals surface area contributed by atoms with Gasteiger partial charge in [-0.1, -0.05) is 18.2 Å². The van der Waals surface area contributed by atoms with Crippen molar-refractivity contribution in [2.45, 2.75) is 19.1 Å². The van der Waals surface area contributed by atoms with E-state index >= 15 is 0 Å². The Morgan fingerprint density at radius 3 is 2.35 bits per heavy atom. The fourth-order valence-corrected chi connectivity index (χ4v) is 1.14. The van der Waals surface area contributed by atoms with Gasteiger partial charge in [-0.25, -0.2) is 9.59 Å².